The molecule has 0 bridgehead atoms. The predicted octanol–water partition coefficient (Wildman–Crippen LogP) is 2.00. The van der Waals surface area contributed by atoms with Gasteiger partial charge in [0.15, 0.2) is 11.5 Å². The van der Waals surface area contributed by atoms with Crippen molar-refractivity contribution in [2.75, 3.05) is 13.2 Å². The second-order valence-corrected chi connectivity index (χ2v) is 5.65. The van der Waals surface area contributed by atoms with Gasteiger partial charge in [0.1, 0.15) is 12.3 Å². The first-order valence-electron chi connectivity index (χ1n) is 8.41. The van der Waals surface area contributed by atoms with Gasteiger partial charge in [-0.3, -0.25) is 9.78 Å². The highest BCUT2D eigenvalue weighted by Crippen LogP contribution is 2.18. The molecule has 0 aliphatic heterocycles. The number of rotatable bonds is 6. The Kier molecular flexibility index (Phi) is 4.69. The topological polar surface area (TPSA) is 94.3 Å². The minimum atomic E-state index is -0.243. The van der Waals surface area contributed by atoms with Crippen LogP contribution in [0.25, 0.3) is 17.0 Å². The van der Waals surface area contributed by atoms with Gasteiger partial charge in [0.05, 0.1) is 6.54 Å². The van der Waals surface area contributed by atoms with E-state index in [4.69, 9.17) is 4.74 Å². The van der Waals surface area contributed by atoms with E-state index in [0.717, 1.165) is 5.56 Å². The molecule has 134 valence electrons. The van der Waals surface area contributed by atoms with E-state index < -0.39 is 0 Å². The molecule has 0 spiro atoms. The number of fused-ring (bicyclic) bond motifs is 1. The molecule has 0 aliphatic rings. The van der Waals surface area contributed by atoms with Crippen LogP contribution in [0.1, 0.15) is 10.5 Å². The monoisotopic (exact) mass is 360 g/mol. The Balaban J connectivity index is 1.40. The standard InChI is InChI=1S/C19H16N6O2/c26-19(15-8-4-5-11-20-15)21-12-13-27-17-10-9-16-22-23-18(25(16)24-17)14-6-2-1-3-7-14/h1-11H,12-13H2,(H,21,26). The molecule has 0 aliphatic carbocycles. The van der Waals surface area contributed by atoms with Gasteiger partial charge >= 0.3 is 0 Å². The SMILES string of the molecule is O=C(NCCOc1ccc2nnc(-c3ccccc3)n2n1)c1ccccn1. The zero-order valence-corrected chi connectivity index (χ0v) is 14.3. The molecule has 0 atom stereocenters. The molecule has 0 radical (unpaired) electrons. The van der Waals surface area contributed by atoms with Crippen LogP contribution in [-0.2, 0) is 0 Å². The van der Waals surface area contributed by atoms with Crippen LogP contribution in [0.3, 0.4) is 0 Å². The van der Waals surface area contributed by atoms with Gasteiger partial charge in [-0.1, -0.05) is 36.4 Å². The predicted molar refractivity (Wildman–Crippen MR) is 98.3 cm³/mol. The Morgan fingerprint density at radius 2 is 1.85 bits per heavy atom. The molecule has 1 N–H and O–H groups in total. The molecule has 3 aromatic heterocycles. The number of nitrogens with one attached hydrogen (secondary N) is 1. The third kappa shape index (κ3) is 3.74. The lowest BCUT2D eigenvalue weighted by molar-refractivity contribution is 0.0941. The van der Waals surface area contributed by atoms with Gasteiger partial charge in [-0.05, 0) is 18.2 Å². The highest BCUT2D eigenvalue weighted by atomic mass is 16.5. The number of amides is 1. The summed E-state index contributed by atoms with van der Waals surface area (Å²) in [5.74, 6) is 0.818. The van der Waals surface area contributed by atoms with Crippen LogP contribution in [0.15, 0.2) is 66.9 Å². The fourth-order valence-electron chi connectivity index (χ4n) is 2.52. The molecule has 0 unspecified atom stereocenters. The molecular formula is C19H16N6O2. The second-order valence-electron chi connectivity index (χ2n) is 5.65. The first-order valence-corrected chi connectivity index (χ1v) is 8.41. The van der Waals surface area contributed by atoms with E-state index in [2.05, 4.69) is 25.6 Å². The summed E-state index contributed by atoms with van der Waals surface area (Å²) in [6.07, 6.45) is 1.58. The van der Waals surface area contributed by atoms with Crippen LogP contribution in [-0.4, -0.2) is 43.9 Å². The van der Waals surface area contributed by atoms with Crippen LogP contribution in [0.5, 0.6) is 5.88 Å². The number of benzene rings is 1. The fraction of sp³-hybridized carbons (Fsp3) is 0.105. The minimum absolute atomic E-state index is 0.243. The highest BCUT2D eigenvalue weighted by molar-refractivity contribution is 5.92. The summed E-state index contributed by atoms with van der Waals surface area (Å²) in [7, 11) is 0. The molecule has 3 heterocycles. The molecule has 4 rings (SSSR count). The maximum absolute atomic E-state index is 11.9. The number of hydrogen-bond donors (Lipinski definition) is 1. The number of ether oxygens (including phenoxy) is 1. The van der Waals surface area contributed by atoms with Gasteiger partial charge in [0.25, 0.3) is 5.91 Å². The maximum atomic E-state index is 11.9. The Labute approximate surface area is 154 Å². The quantitative estimate of drug-likeness (QED) is 0.529. The molecule has 0 saturated carbocycles. The summed E-state index contributed by atoms with van der Waals surface area (Å²) in [5, 5.41) is 15.5. The first-order chi connectivity index (χ1) is 13.3. The van der Waals surface area contributed by atoms with E-state index >= 15 is 0 Å². The lowest BCUT2D eigenvalue weighted by Gasteiger charge is -2.07. The van der Waals surface area contributed by atoms with E-state index in [1.807, 2.05) is 30.3 Å². The Morgan fingerprint density at radius 1 is 1.00 bits per heavy atom. The summed E-state index contributed by atoms with van der Waals surface area (Å²) in [4.78, 5) is 15.9. The zero-order chi connectivity index (χ0) is 18.5. The van der Waals surface area contributed by atoms with Crippen LogP contribution >= 0.6 is 0 Å². The fourth-order valence-corrected chi connectivity index (χ4v) is 2.52. The lowest BCUT2D eigenvalue weighted by Crippen LogP contribution is -2.28. The van der Waals surface area contributed by atoms with Gasteiger partial charge in [-0.15, -0.1) is 15.3 Å². The first kappa shape index (κ1) is 16.6. The number of carbonyl (C=O) groups is 1. The van der Waals surface area contributed by atoms with Crippen LogP contribution in [0, 0.1) is 0 Å². The molecule has 8 nitrogen and oxygen atoms in total. The van der Waals surface area contributed by atoms with Crippen LogP contribution in [0.2, 0.25) is 0 Å². The summed E-state index contributed by atoms with van der Waals surface area (Å²) in [5.41, 5.74) is 1.91. The van der Waals surface area contributed by atoms with Gasteiger partial charge in [0, 0.05) is 17.8 Å². The Hall–Kier alpha value is -3.81. The molecule has 27 heavy (non-hydrogen) atoms. The van der Waals surface area contributed by atoms with E-state index in [1.165, 1.54) is 0 Å². The molecule has 8 heteroatoms. The van der Waals surface area contributed by atoms with Crippen molar-refractivity contribution >= 4 is 11.6 Å². The second kappa shape index (κ2) is 7.61. The summed E-state index contributed by atoms with van der Waals surface area (Å²) >= 11 is 0. The number of aromatic nitrogens is 5. The van der Waals surface area contributed by atoms with E-state index in [-0.39, 0.29) is 12.5 Å². The van der Waals surface area contributed by atoms with Crippen molar-refractivity contribution in [2.45, 2.75) is 0 Å². The normalized spacial score (nSPS) is 10.7. The van der Waals surface area contributed by atoms with Crippen molar-refractivity contribution in [1.29, 1.82) is 0 Å². The lowest BCUT2D eigenvalue weighted by atomic mass is 10.2. The summed E-state index contributed by atoms with van der Waals surface area (Å²) in [6, 6.07) is 18.4. The molecule has 0 fully saturated rings. The third-order valence-electron chi connectivity index (χ3n) is 3.81. The minimum Gasteiger partial charge on any atom is -0.475 e. The third-order valence-corrected chi connectivity index (χ3v) is 3.81. The maximum Gasteiger partial charge on any atom is 0.269 e. The molecule has 4 aromatic rings. The highest BCUT2D eigenvalue weighted by Gasteiger charge is 2.10. The van der Waals surface area contributed by atoms with Crippen LogP contribution < -0.4 is 10.1 Å². The number of carbonyl (C=O) groups excluding carboxylic acids is 1. The van der Waals surface area contributed by atoms with Crippen molar-refractivity contribution in [3.05, 3.63) is 72.6 Å². The van der Waals surface area contributed by atoms with E-state index in [0.29, 0.717) is 29.6 Å². The number of nitrogens with zero attached hydrogens (tertiary/aromatic N) is 5. The zero-order valence-electron chi connectivity index (χ0n) is 14.3. The van der Waals surface area contributed by atoms with Crippen molar-refractivity contribution in [1.82, 2.24) is 30.1 Å². The number of hydrogen-bond acceptors (Lipinski definition) is 6. The van der Waals surface area contributed by atoms with Crippen molar-refractivity contribution < 1.29 is 9.53 Å². The van der Waals surface area contributed by atoms with E-state index in [9.17, 15) is 4.79 Å². The Bertz CT molecular complexity index is 1050. The van der Waals surface area contributed by atoms with Gasteiger partial charge in [-0.25, -0.2) is 0 Å². The average Bonchev–Trinajstić information content (AvgIpc) is 3.15. The average molecular weight is 360 g/mol. The van der Waals surface area contributed by atoms with Gasteiger partial charge in [-0.2, -0.15) is 4.52 Å². The van der Waals surface area contributed by atoms with Gasteiger partial charge < -0.3 is 10.1 Å². The van der Waals surface area contributed by atoms with Crippen molar-refractivity contribution in [3.8, 4) is 17.3 Å². The summed E-state index contributed by atoms with van der Waals surface area (Å²) in [6.45, 7) is 0.614. The van der Waals surface area contributed by atoms with Gasteiger partial charge in [0.2, 0.25) is 5.88 Å². The summed E-state index contributed by atoms with van der Waals surface area (Å²) < 4.78 is 7.27. The van der Waals surface area contributed by atoms with Crippen molar-refractivity contribution in [2.24, 2.45) is 0 Å². The molecule has 0 saturated heterocycles. The number of pyridine rings is 1. The van der Waals surface area contributed by atoms with Crippen LogP contribution in [0.4, 0.5) is 0 Å². The Morgan fingerprint density at radius 3 is 2.67 bits per heavy atom. The largest absolute Gasteiger partial charge is 0.475 e. The van der Waals surface area contributed by atoms with E-state index in [1.54, 1.807) is 41.0 Å². The molecular weight excluding hydrogens is 344 g/mol. The molecule has 1 amide bonds. The van der Waals surface area contributed by atoms with Crippen molar-refractivity contribution in [3.63, 3.8) is 0 Å². The molecule has 1 aromatic carbocycles. The smallest absolute Gasteiger partial charge is 0.269 e.